The normalized spacial score (nSPS) is 18.0. The molecule has 1 fully saturated rings. The Morgan fingerprint density at radius 1 is 1.10 bits per heavy atom. The Bertz CT molecular complexity index is 1760. The molecule has 0 unspecified atom stereocenters. The highest BCUT2D eigenvalue weighted by atomic mass is 79.9. The van der Waals surface area contributed by atoms with Crippen LogP contribution in [0.5, 0.6) is 23.0 Å². The molecule has 3 aromatic carbocycles. The molecular formula is C29H23BrN2O7S. The van der Waals surface area contributed by atoms with Gasteiger partial charge in [0.15, 0.2) is 28.1 Å². The first-order chi connectivity index (χ1) is 19.2. The lowest BCUT2D eigenvalue weighted by molar-refractivity contribution is -0.132. The number of Topliss-reactive ketones (excluding diaryl/α,β-unsaturated/α-hetero) is 1. The number of aromatic hydroxyl groups is 1. The molecule has 1 atom stereocenters. The summed E-state index contributed by atoms with van der Waals surface area (Å²) in [5, 5.41) is 22.3. The van der Waals surface area contributed by atoms with Crippen LogP contribution in [0.1, 0.15) is 28.3 Å². The number of rotatable bonds is 4. The summed E-state index contributed by atoms with van der Waals surface area (Å²) in [5.74, 6) is -1.14. The van der Waals surface area contributed by atoms with Crippen LogP contribution in [0, 0.1) is 13.8 Å². The van der Waals surface area contributed by atoms with E-state index >= 15 is 0 Å². The molecule has 3 heterocycles. The number of aryl methyl sites for hydroxylation is 2. The molecule has 1 saturated heterocycles. The van der Waals surface area contributed by atoms with Crippen LogP contribution in [0.4, 0.5) is 5.13 Å². The molecular weight excluding hydrogens is 600 g/mol. The van der Waals surface area contributed by atoms with Gasteiger partial charge in [0.1, 0.15) is 19.0 Å². The highest BCUT2D eigenvalue weighted by molar-refractivity contribution is 9.10. The molecule has 2 aliphatic heterocycles. The van der Waals surface area contributed by atoms with Crippen LogP contribution < -0.4 is 19.1 Å². The standard InChI is InChI=1S/C29H23BrN2O7S/c1-13-8-14(2)23-21(9-13)40-29(31-23)32-24(16-10-17(30)26(34)20(12-16)37-3)22(27(35)28(32)36)25(33)15-4-5-18-19(11-15)39-7-6-38-18/h4-5,8-12,24,33-34H,6-7H2,1-3H3/b25-22+/t24-/m1/s1. The van der Waals surface area contributed by atoms with Gasteiger partial charge in [0, 0.05) is 5.56 Å². The number of benzene rings is 3. The zero-order chi connectivity index (χ0) is 28.3. The van der Waals surface area contributed by atoms with Crippen LogP contribution in [0.3, 0.4) is 0 Å². The Balaban J connectivity index is 1.59. The zero-order valence-electron chi connectivity index (χ0n) is 21.6. The van der Waals surface area contributed by atoms with Crippen molar-refractivity contribution in [2.24, 2.45) is 0 Å². The fraction of sp³-hybridized carbons (Fsp3) is 0.207. The number of amides is 1. The number of fused-ring (bicyclic) bond motifs is 2. The summed E-state index contributed by atoms with van der Waals surface area (Å²) < 4.78 is 17.8. The number of nitrogens with zero attached hydrogens (tertiary/aromatic N) is 2. The van der Waals surface area contributed by atoms with Gasteiger partial charge in [0.05, 0.1) is 33.4 Å². The van der Waals surface area contributed by atoms with Gasteiger partial charge in [0.25, 0.3) is 5.78 Å². The lowest BCUT2D eigenvalue weighted by Crippen LogP contribution is -2.29. The first kappa shape index (κ1) is 26.1. The number of aliphatic hydroxyl groups is 1. The van der Waals surface area contributed by atoms with Crippen LogP contribution in [0.25, 0.3) is 16.0 Å². The summed E-state index contributed by atoms with van der Waals surface area (Å²) in [5.41, 5.74) is 3.29. The number of phenols is 1. The number of ether oxygens (including phenoxy) is 3. The quantitative estimate of drug-likeness (QED) is 0.167. The molecule has 2 N–H and O–H groups in total. The molecule has 9 nitrogen and oxygen atoms in total. The molecule has 11 heteroatoms. The van der Waals surface area contributed by atoms with E-state index in [9.17, 15) is 19.8 Å². The van der Waals surface area contributed by atoms with Crippen molar-refractivity contribution in [3.05, 3.63) is 74.8 Å². The van der Waals surface area contributed by atoms with Crippen molar-refractivity contribution in [3.8, 4) is 23.0 Å². The average Bonchev–Trinajstić information content (AvgIpc) is 3.47. The fourth-order valence-corrected chi connectivity index (χ4v) is 6.69. The average molecular weight is 623 g/mol. The largest absolute Gasteiger partial charge is 0.507 e. The van der Waals surface area contributed by atoms with Gasteiger partial charge in [-0.1, -0.05) is 17.4 Å². The minimum Gasteiger partial charge on any atom is -0.507 e. The summed E-state index contributed by atoms with van der Waals surface area (Å²) in [4.78, 5) is 33.3. The number of halogens is 1. The van der Waals surface area contributed by atoms with Crippen molar-refractivity contribution >= 4 is 60.1 Å². The van der Waals surface area contributed by atoms with E-state index < -0.39 is 17.7 Å². The molecule has 0 aliphatic carbocycles. The molecule has 204 valence electrons. The predicted octanol–water partition coefficient (Wildman–Crippen LogP) is 5.79. The number of phenolic OH excluding ortho intramolecular Hbond substituents is 1. The Hall–Kier alpha value is -4.09. The van der Waals surface area contributed by atoms with E-state index in [0.29, 0.717) is 39.9 Å². The Morgan fingerprint density at radius 3 is 2.60 bits per heavy atom. The lowest BCUT2D eigenvalue weighted by atomic mass is 9.95. The maximum atomic E-state index is 13.7. The molecule has 1 amide bonds. The highest BCUT2D eigenvalue weighted by Gasteiger charge is 2.48. The molecule has 6 rings (SSSR count). The maximum Gasteiger partial charge on any atom is 0.301 e. The van der Waals surface area contributed by atoms with Gasteiger partial charge in [-0.15, -0.1) is 0 Å². The first-order valence-electron chi connectivity index (χ1n) is 12.3. The third kappa shape index (κ3) is 4.16. The zero-order valence-corrected chi connectivity index (χ0v) is 24.1. The van der Waals surface area contributed by atoms with E-state index in [2.05, 4.69) is 15.9 Å². The summed E-state index contributed by atoms with van der Waals surface area (Å²) in [7, 11) is 1.40. The summed E-state index contributed by atoms with van der Waals surface area (Å²) in [6.07, 6.45) is 0. The van der Waals surface area contributed by atoms with E-state index in [1.807, 2.05) is 26.0 Å². The summed E-state index contributed by atoms with van der Waals surface area (Å²) >= 11 is 4.62. The Kier molecular flexibility index (Phi) is 6.42. The number of carbonyl (C=O) groups is 2. The second kappa shape index (κ2) is 9.83. The van der Waals surface area contributed by atoms with Gasteiger partial charge in [-0.25, -0.2) is 4.98 Å². The third-order valence-electron chi connectivity index (χ3n) is 6.87. The van der Waals surface area contributed by atoms with E-state index in [0.717, 1.165) is 21.3 Å². The summed E-state index contributed by atoms with van der Waals surface area (Å²) in [6.45, 7) is 4.67. The van der Waals surface area contributed by atoms with Crippen LogP contribution in [0.2, 0.25) is 0 Å². The van der Waals surface area contributed by atoms with Crippen molar-refractivity contribution in [2.45, 2.75) is 19.9 Å². The Morgan fingerprint density at radius 2 is 1.85 bits per heavy atom. The highest BCUT2D eigenvalue weighted by Crippen LogP contribution is 2.48. The van der Waals surface area contributed by atoms with Gasteiger partial charge in [-0.2, -0.15) is 0 Å². The van der Waals surface area contributed by atoms with Crippen molar-refractivity contribution in [2.75, 3.05) is 25.2 Å². The minimum absolute atomic E-state index is 0.130. The van der Waals surface area contributed by atoms with Gasteiger partial charge in [0.2, 0.25) is 0 Å². The second-order valence-corrected chi connectivity index (χ2v) is 11.4. The number of hydrogen-bond donors (Lipinski definition) is 2. The van der Waals surface area contributed by atoms with Crippen LogP contribution in [0.15, 0.2) is 52.5 Å². The number of carbonyl (C=O) groups excluding carboxylic acids is 2. The SMILES string of the molecule is COc1cc([C@@H]2/C(=C(\O)c3ccc4c(c3)OCCO4)C(=O)C(=O)N2c2nc3c(C)cc(C)cc3s2)cc(Br)c1O. The predicted molar refractivity (Wildman–Crippen MR) is 154 cm³/mol. The maximum absolute atomic E-state index is 13.7. The Labute approximate surface area is 241 Å². The molecule has 0 saturated carbocycles. The van der Waals surface area contributed by atoms with Crippen molar-refractivity contribution in [1.82, 2.24) is 4.98 Å². The lowest BCUT2D eigenvalue weighted by Gasteiger charge is -2.24. The first-order valence-corrected chi connectivity index (χ1v) is 13.9. The van der Waals surface area contributed by atoms with Crippen LogP contribution in [-0.4, -0.2) is 47.2 Å². The smallest absolute Gasteiger partial charge is 0.301 e. The topological polar surface area (TPSA) is 118 Å². The number of hydrogen-bond acceptors (Lipinski definition) is 9. The number of aromatic nitrogens is 1. The number of thiazole rings is 1. The van der Waals surface area contributed by atoms with E-state index in [1.54, 1.807) is 24.3 Å². The van der Waals surface area contributed by atoms with Gasteiger partial charge >= 0.3 is 5.91 Å². The second-order valence-electron chi connectivity index (χ2n) is 9.51. The number of anilines is 1. The van der Waals surface area contributed by atoms with Crippen LogP contribution in [-0.2, 0) is 9.59 Å². The molecule has 1 aromatic heterocycles. The fourth-order valence-electron chi connectivity index (χ4n) is 5.06. The van der Waals surface area contributed by atoms with Gasteiger partial charge in [-0.3, -0.25) is 14.5 Å². The van der Waals surface area contributed by atoms with E-state index in [-0.39, 0.29) is 28.4 Å². The van der Waals surface area contributed by atoms with E-state index in [4.69, 9.17) is 19.2 Å². The molecule has 0 spiro atoms. The number of methoxy groups -OCH3 is 1. The molecule has 4 aromatic rings. The minimum atomic E-state index is -1.07. The molecule has 0 radical (unpaired) electrons. The van der Waals surface area contributed by atoms with E-state index in [1.165, 1.54) is 29.4 Å². The monoisotopic (exact) mass is 622 g/mol. The number of ketones is 1. The van der Waals surface area contributed by atoms with Crippen molar-refractivity contribution in [1.29, 1.82) is 0 Å². The van der Waals surface area contributed by atoms with Gasteiger partial charge < -0.3 is 24.4 Å². The number of aliphatic hydroxyl groups excluding tert-OH is 1. The molecule has 2 aliphatic rings. The third-order valence-corrected chi connectivity index (χ3v) is 8.48. The summed E-state index contributed by atoms with van der Waals surface area (Å²) in [6, 6.07) is 10.8. The van der Waals surface area contributed by atoms with Crippen molar-refractivity contribution < 1.29 is 34.0 Å². The van der Waals surface area contributed by atoms with Crippen LogP contribution >= 0.6 is 27.3 Å². The molecule has 0 bridgehead atoms. The van der Waals surface area contributed by atoms with Crippen molar-refractivity contribution in [3.63, 3.8) is 0 Å². The van der Waals surface area contributed by atoms with Gasteiger partial charge in [-0.05, 0) is 82.9 Å². The molecule has 40 heavy (non-hydrogen) atoms.